The lowest BCUT2D eigenvalue weighted by Crippen LogP contribution is -2.38. The summed E-state index contributed by atoms with van der Waals surface area (Å²) in [5.74, 6) is 0.0926. The molecular weight excluding hydrogens is 346 g/mol. The van der Waals surface area contributed by atoms with Gasteiger partial charge in [0.1, 0.15) is 0 Å². The van der Waals surface area contributed by atoms with Crippen LogP contribution < -0.4 is 0 Å². The molecular formula is C13H17Br2NO. The summed E-state index contributed by atoms with van der Waals surface area (Å²) in [4.78, 5) is 14.2. The second-order valence-electron chi connectivity index (χ2n) is 4.25. The molecule has 17 heavy (non-hydrogen) atoms. The van der Waals surface area contributed by atoms with Gasteiger partial charge in [-0.1, -0.05) is 31.9 Å². The molecule has 0 radical (unpaired) electrons. The Labute approximate surface area is 120 Å². The molecule has 4 heteroatoms. The summed E-state index contributed by atoms with van der Waals surface area (Å²) in [5.41, 5.74) is 1.83. The lowest BCUT2D eigenvalue weighted by molar-refractivity contribution is 0.0719. The maximum Gasteiger partial charge on any atom is 0.254 e. The van der Waals surface area contributed by atoms with Gasteiger partial charge in [-0.25, -0.2) is 0 Å². The van der Waals surface area contributed by atoms with Crippen LogP contribution in [0.15, 0.2) is 22.7 Å². The van der Waals surface area contributed by atoms with Crippen molar-refractivity contribution >= 4 is 37.8 Å². The number of hydrogen-bond acceptors (Lipinski definition) is 1. The zero-order chi connectivity index (χ0) is 13.0. The number of benzene rings is 1. The summed E-state index contributed by atoms with van der Waals surface area (Å²) in [6.07, 6.45) is 0. The zero-order valence-corrected chi connectivity index (χ0v) is 13.5. The maximum absolute atomic E-state index is 12.3. The van der Waals surface area contributed by atoms with Gasteiger partial charge in [0.2, 0.25) is 0 Å². The van der Waals surface area contributed by atoms with Crippen LogP contribution in [0.5, 0.6) is 0 Å². The van der Waals surface area contributed by atoms with E-state index in [0.29, 0.717) is 0 Å². The lowest BCUT2D eigenvalue weighted by atomic mass is 10.1. The summed E-state index contributed by atoms with van der Waals surface area (Å²) >= 11 is 6.83. The number of amides is 1. The van der Waals surface area contributed by atoms with E-state index in [2.05, 4.69) is 31.9 Å². The topological polar surface area (TPSA) is 20.3 Å². The van der Waals surface area contributed by atoms with Crippen molar-refractivity contribution in [1.29, 1.82) is 0 Å². The first-order chi connectivity index (χ1) is 7.97. The van der Waals surface area contributed by atoms with Crippen LogP contribution in [-0.4, -0.2) is 28.7 Å². The average molecular weight is 363 g/mol. The normalized spacial score (nSPS) is 10.7. The predicted molar refractivity (Wildman–Crippen MR) is 78.8 cm³/mol. The molecule has 0 atom stereocenters. The standard InChI is InChI=1S/C13H17Br2NO/c1-9(2)16(7-6-14)13(17)11-4-5-12(15)10(3)8-11/h4-5,8-9H,6-7H2,1-3H3. The highest BCUT2D eigenvalue weighted by Crippen LogP contribution is 2.18. The fourth-order valence-electron chi connectivity index (χ4n) is 1.63. The van der Waals surface area contributed by atoms with Crippen LogP contribution in [0, 0.1) is 6.92 Å². The summed E-state index contributed by atoms with van der Waals surface area (Å²) in [6.45, 7) is 6.79. The van der Waals surface area contributed by atoms with E-state index in [0.717, 1.165) is 27.5 Å². The quantitative estimate of drug-likeness (QED) is 0.741. The molecule has 1 rings (SSSR count). The van der Waals surface area contributed by atoms with Gasteiger partial charge < -0.3 is 4.90 Å². The molecule has 0 aromatic heterocycles. The molecule has 0 saturated heterocycles. The van der Waals surface area contributed by atoms with E-state index in [9.17, 15) is 4.79 Å². The van der Waals surface area contributed by atoms with E-state index in [1.54, 1.807) is 0 Å². The zero-order valence-electron chi connectivity index (χ0n) is 10.3. The number of aryl methyl sites for hydroxylation is 1. The monoisotopic (exact) mass is 361 g/mol. The largest absolute Gasteiger partial charge is 0.335 e. The Morgan fingerprint density at radius 2 is 2.06 bits per heavy atom. The molecule has 0 bridgehead atoms. The minimum Gasteiger partial charge on any atom is -0.335 e. The molecule has 1 aromatic carbocycles. The van der Waals surface area contributed by atoms with E-state index in [4.69, 9.17) is 0 Å². The summed E-state index contributed by atoms with van der Waals surface area (Å²) in [7, 11) is 0. The van der Waals surface area contributed by atoms with Gasteiger partial charge in [-0.2, -0.15) is 0 Å². The van der Waals surface area contributed by atoms with E-state index in [-0.39, 0.29) is 11.9 Å². The van der Waals surface area contributed by atoms with Crippen LogP contribution in [0.3, 0.4) is 0 Å². The van der Waals surface area contributed by atoms with Crippen molar-refractivity contribution in [2.45, 2.75) is 26.8 Å². The second kappa shape index (κ2) is 6.55. The minimum atomic E-state index is 0.0926. The van der Waals surface area contributed by atoms with Crippen molar-refractivity contribution in [1.82, 2.24) is 4.90 Å². The number of rotatable bonds is 4. The molecule has 1 aromatic rings. The fourth-order valence-corrected chi connectivity index (χ4v) is 2.26. The van der Waals surface area contributed by atoms with Crippen LogP contribution in [0.25, 0.3) is 0 Å². The average Bonchev–Trinajstić information content (AvgIpc) is 2.28. The van der Waals surface area contributed by atoms with Crippen LogP contribution in [0.4, 0.5) is 0 Å². The lowest BCUT2D eigenvalue weighted by Gasteiger charge is -2.26. The Hall–Kier alpha value is -0.350. The third-order valence-electron chi connectivity index (χ3n) is 2.61. The van der Waals surface area contributed by atoms with Gasteiger partial charge in [-0.15, -0.1) is 0 Å². The Morgan fingerprint density at radius 1 is 1.41 bits per heavy atom. The van der Waals surface area contributed by atoms with E-state index < -0.39 is 0 Å². The molecule has 0 N–H and O–H groups in total. The highest BCUT2D eigenvalue weighted by Gasteiger charge is 2.18. The van der Waals surface area contributed by atoms with Crippen LogP contribution in [0.2, 0.25) is 0 Å². The molecule has 1 amide bonds. The van der Waals surface area contributed by atoms with E-state index in [1.165, 1.54) is 0 Å². The molecule has 2 nitrogen and oxygen atoms in total. The van der Waals surface area contributed by atoms with Crippen molar-refractivity contribution in [2.75, 3.05) is 11.9 Å². The molecule has 0 aliphatic heterocycles. The van der Waals surface area contributed by atoms with Crippen LogP contribution >= 0.6 is 31.9 Å². The van der Waals surface area contributed by atoms with Crippen molar-refractivity contribution in [2.24, 2.45) is 0 Å². The smallest absolute Gasteiger partial charge is 0.254 e. The Morgan fingerprint density at radius 3 is 2.53 bits per heavy atom. The number of hydrogen-bond donors (Lipinski definition) is 0. The summed E-state index contributed by atoms with van der Waals surface area (Å²) in [5, 5.41) is 0.798. The van der Waals surface area contributed by atoms with Gasteiger partial charge in [0.05, 0.1) is 0 Å². The number of alkyl halides is 1. The highest BCUT2D eigenvalue weighted by molar-refractivity contribution is 9.10. The molecule has 0 heterocycles. The summed E-state index contributed by atoms with van der Waals surface area (Å²) in [6, 6.07) is 5.93. The first kappa shape index (κ1) is 14.7. The molecule has 0 unspecified atom stereocenters. The maximum atomic E-state index is 12.3. The molecule has 94 valence electrons. The Bertz CT molecular complexity index is 404. The van der Waals surface area contributed by atoms with Gasteiger partial charge >= 0.3 is 0 Å². The van der Waals surface area contributed by atoms with Crippen LogP contribution in [-0.2, 0) is 0 Å². The predicted octanol–water partition coefficient (Wildman–Crippen LogP) is 4.00. The third-order valence-corrected chi connectivity index (χ3v) is 3.86. The number of halogens is 2. The minimum absolute atomic E-state index is 0.0926. The van der Waals surface area contributed by atoms with Crippen molar-refractivity contribution in [3.63, 3.8) is 0 Å². The molecule has 0 spiro atoms. The Balaban J connectivity index is 2.97. The van der Waals surface area contributed by atoms with Gasteiger partial charge in [0.15, 0.2) is 0 Å². The van der Waals surface area contributed by atoms with Crippen molar-refractivity contribution in [3.05, 3.63) is 33.8 Å². The molecule has 0 aliphatic rings. The number of carbonyl (C=O) groups excluding carboxylic acids is 1. The molecule has 0 saturated carbocycles. The molecule has 0 aliphatic carbocycles. The second-order valence-corrected chi connectivity index (χ2v) is 5.89. The van der Waals surface area contributed by atoms with Gasteiger partial charge in [0.25, 0.3) is 5.91 Å². The fraction of sp³-hybridized carbons (Fsp3) is 0.462. The highest BCUT2D eigenvalue weighted by atomic mass is 79.9. The molecule has 0 fully saturated rings. The SMILES string of the molecule is Cc1cc(C(=O)N(CCBr)C(C)C)ccc1Br. The Kier molecular flexibility index (Phi) is 5.67. The number of nitrogens with zero attached hydrogens (tertiary/aromatic N) is 1. The summed E-state index contributed by atoms with van der Waals surface area (Å²) < 4.78 is 1.03. The van der Waals surface area contributed by atoms with Gasteiger partial charge in [0, 0.05) is 28.0 Å². The van der Waals surface area contributed by atoms with Gasteiger partial charge in [-0.3, -0.25) is 4.79 Å². The van der Waals surface area contributed by atoms with E-state index >= 15 is 0 Å². The van der Waals surface area contributed by atoms with Gasteiger partial charge in [-0.05, 0) is 44.5 Å². The third kappa shape index (κ3) is 3.81. The van der Waals surface area contributed by atoms with E-state index in [1.807, 2.05) is 43.9 Å². The van der Waals surface area contributed by atoms with Crippen molar-refractivity contribution in [3.8, 4) is 0 Å². The first-order valence-corrected chi connectivity index (χ1v) is 7.52. The van der Waals surface area contributed by atoms with Crippen LogP contribution in [0.1, 0.15) is 29.8 Å². The first-order valence-electron chi connectivity index (χ1n) is 5.60. The number of carbonyl (C=O) groups is 1. The van der Waals surface area contributed by atoms with Crippen molar-refractivity contribution < 1.29 is 4.79 Å².